The normalized spacial score (nSPS) is 16.1. The van der Waals surface area contributed by atoms with Gasteiger partial charge in [0, 0.05) is 24.6 Å². The van der Waals surface area contributed by atoms with E-state index in [1.54, 1.807) is 23.2 Å². The van der Waals surface area contributed by atoms with Gasteiger partial charge in [0.1, 0.15) is 11.4 Å². The molecule has 0 saturated carbocycles. The number of hydrogen-bond donors (Lipinski definition) is 1. The molecule has 1 saturated heterocycles. The molecule has 180 valence electrons. The molecular formula is C25H23F3N6O. The molecular weight excluding hydrogens is 457 g/mol. The number of nitrogens with one attached hydrogen (secondary N) is 1. The maximum atomic E-state index is 13.7. The fraction of sp³-hybridized carbons (Fsp3) is 0.280. The Balaban J connectivity index is 1.49. The molecule has 1 amide bonds. The number of halogens is 3. The fourth-order valence-corrected chi connectivity index (χ4v) is 4.51. The van der Waals surface area contributed by atoms with Crippen molar-refractivity contribution in [2.75, 3.05) is 11.9 Å². The highest BCUT2D eigenvalue weighted by Gasteiger charge is 2.38. The summed E-state index contributed by atoms with van der Waals surface area (Å²) in [6.45, 7) is 4.45. The molecule has 0 bridgehead atoms. The molecule has 4 aromatic rings. The van der Waals surface area contributed by atoms with Crippen molar-refractivity contribution in [3.63, 3.8) is 0 Å². The summed E-state index contributed by atoms with van der Waals surface area (Å²) >= 11 is 0. The van der Waals surface area contributed by atoms with E-state index in [1.165, 1.54) is 16.7 Å². The van der Waals surface area contributed by atoms with Gasteiger partial charge in [-0.15, -0.1) is 10.2 Å². The lowest BCUT2D eigenvalue weighted by Gasteiger charge is -2.24. The quantitative estimate of drug-likeness (QED) is 0.419. The zero-order chi connectivity index (χ0) is 24.7. The Morgan fingerprint density at radius 1 is 1.09 bits per heavy atom. The highest BCUT2D eigenvalue weighted by Crippen LogP contribution is 2.36. The van der Waals surface area contributed by atoms with Crippen LogP contribution in [0, 0.1) is 13.8 Å². The van der Waals surface area contributed by atoms with E-state index in [-0.39, 0.29) is 11.6 Å². The van der Waals surface area contributed by atoms with Crippen LogP contribution in [0.15, 0.2) is 54.9 Å². The third-order valence-electron chi connectivity index (χ3n) is 6.47. The van der Waals surface area contributed by atoms with Crippen molar-refractivity contribution >= 4 is 23.1 Å². The van der Waals surface area contributed by atoms with Gasteiger partial charge < -0.3 is 10.2 Å². The second-order valence-electron chi connectivity index (χ2n) is 8.60. The van der Waals surface area contributed by atoms with Crippen LogP contribution in [0.1, 0.15) is 51.8 Å². The predicted octanol–water partition coefficient (Wildman–Crippen LogP) is 5.48. The van der Waals surface area contributed by atoms with Gasteiger partial charge in [-0.2, -0.15) is 13.2 Å². The largest absolute Gasteiger partial charge is 0.420 e. The Kier molecular flexibility index (Phi) is 5.66. The number of rotatable bonds is 4. The Morgan fingerprint density at radius 2 is 1.91 bits per heavy atom. The number of likely N-dealkylation sites (tertiary alicyclic amines) is 1. The Labute approximate surface area is 199 Å². The van der Waals surface area contributed by atoms with Crippen LogP contribution in [0.2, 0.25) is 0 Å². The molecule has 10 heteroatoms. The summed E-state index contributed by atoms with van der Waals surface area (Å²) in [5.41, 5.74) is 2.25. The standard InChI is InChI=1S/C25H23F3N6O/c1-15-7-3-10-19(16(15)2)30-21-17(8-4-12-29-21)24(35)33-13-6-11-20(33)23-32-31-22-18(25(26,27)28)9-5-14-34(22)23/h3-5,7-10,12,14,20H,6,11,13H2,1-2H3,(H,29,30). The van der Waals surface area contributed by atoms with Crippen LogP contribution in [0.3, 0.4) is 0 Å². The maximum Gasteiger partial charge on any atom is 0.420 e. The highest BCUT2D eigenvalue weighted by molar-refractivity contribution is 5.99. The van der Waals surface area contributed by atoms with Crippen LogP contribution in [-0.4, -0.2) is 36.9 Å². The second kappa shape index (κ2) is 8.68. The van der Waals surface area contributed by atoms with Gasteiger partial charge in [-0.3, -0.25) is 9.20 Å². The van der Waals surface area contributed by atoms with Crippen molar-refractivity contribution in [3.05, 3.63) is 82.9 Å². The van der Waals surface area contributed by atoms with E-state index in [1.807, 2.05) is 32.0 Å². The Bertz CT molecular complexity index is 1410. The number of carbonyl (C=O) groups is 1. The monoisotopic (exact) mass is 480 g/mol. The third kappa shape index (κ3) is 4.09. The van der Waals surface area contributed by atoms with E-state index in [9.17, 15) is 18.0 Å². The number of aromatic nitrogens is 4. The van der Waals surface area contributed by atoms with E-state index < -0.39 is 17.8 Å². The van der Waals surface area contributed by atoms with Crippen molar-refractivity contribution in [3.8, 4) is 0 Å². The van der Waals surface area contributed by atoms with E-state index in [4.69, 9.17) is 0 Å². The minimum Gasteiger partial charge on any atom is -0.339 e. The number of amides is 1. The first-order valence-electron chi connectivity index (χ1n) is 11.3. The molecule has 3 aromatic heterocycles. The Morgan fingerprint density at radius 3 is 2.71 bits per heavy atom. The topological polar surface area (TPSA) is 75.4 Å². The van der Waals surface area contributed by atoms with Crippen LogP contribution in [-0.2, 0) is 6.18 Å². The molecule has 0 aliphatic carbocycles. The number of nitrogens with zero attached hydrogens (tertiary/aromatic N) is 5. The second-order valence-corrected chi connectivity index (χ2v) is 8.60. The zero-order valence-electron chi connectivity index (χ0n) is 19.2. The van der Waals surface area contributed by atoms with Crippen molar-refractivity contribution in [2.45, 2.75) is 38.9 Å². The average Bonchev–Trinajstić information content (AvgIpc) is 3.48. The minimum absolute atomic E-state index is 0.267. The molecule has 35 heavy (non-hydrogen) atoms. The number of fused-ring (bicyclic) bond motifs is 1. The molecule has 4 heterocycles. The maximum absolute atomic E-state index is 13.7. The van der Waals surface area contributed by atoms with Crippen molar-refractivity contribution in [1.29, 1.82) is 0 Å². The summed E-state index contributed by atoms with van der Waals surface area (Å²) in [6.07, 6.45) is -0.176. The molecule has 5 rings (SSSR count). The molecule has 1 fully saturated rings. The molecule has 1 atom stereocenters. The van der Waals surface area contributed by atoms with E-state index in [0.717, 1.165) is 22.9 Å². The lowest BCUT2D eigenvalue weighted by molar-refractivity contribution is -0.136. The van der Waals surface area contributed by atoms with Crippen LogP contribution >= 0.6 is 0 Å². The van der Waals surface area contributed by atoms with Gasteiger partial charge in [0.2, 0.25) is 0 Å². The number of benzene rings is 1. The first-order chi connectivity index (χ1) is 16.8. The fourth-order valence-electron chi connectivity index (χ4n) is 4.51. The summed E-state index contributed by atoms with van der Waals surface area (Å²) in [7, 11) is 0. The van der Waals surface area contributed by atoms with Crippen LogP contribution in [0.25, 0.3) is 5.65 Å². The number of alkyl halides is 3. The van der Waals surface area contributed by atoms with Crippen molar-refractivity contribution in [2.24, 2.45) is 0 Å². The Hall–Kier alpha value is -3.95. The predicted molar refractivity (Wildman–Crippen MR) is 124 cm³/mol. The zero-order valence-corrected chi connectivity index (χ0v) is 19.2. The lowest BCUT2D eigenvalue weighted by Crippen LogP contribution is -2.32. The van der Waals surface area contributed by atoms with E-state index >= 15 is 0 Å². The molecule has 0 radical (unpaired) electrons. The van der Waals surface area contributed by atoms with E-state index in [2.05, 4.69) is 20.5 Å². The SMILES string of the molecule is Cc1cccc(Nc2ncccc2C(=O)N2CCCC2c2nnc3c(C(F)(F)F)cccn23)c1C. The first kappa shape index (κ1) is 22.8. The van der Waals surface area contributed by atoms with Gasteiger partial charge in [0.15, 0.2) is 11.5 Å². The molecule has 1 aliphatic rings. The number of aryl methyl sites for hydroxylation is 1. The van der Waals surface area contributed by atoms with Crippen LogP contribution in [0.5, 0.6) is 0 Å². The van der Waals surface area contributed by atoms with Crippen LogP contribution in [0.4, 0.5) is 24.7 Å². The number of anilines is 2. The molecule has 0 spiro atoms. The average molecular weight is 480 g/mol. The van der Waals surface area contributed by atoms with Gasteiger partial charge in [0.05, 0.1) is 11.6 Å². The minimum atomic E-state index is -4.55. The highest BCUT2D eigenvalue weighted by atomic mass is 19.4. The van der Waals surface area contributed by atoms with Gasteiger partial charge >= 0.3 is 6.18 Å². The molecule has 1 unspecified atom stereocenters. The van der Waals surface area contributed by atoms with Crippen molar-refractivity contribution < 1.29 is 18.0 Å². The molecule has 1 N–H and O–H groups in total. The smallest absolute Gasteiger partial charge is 0.339 e. The summed E-state index contributed by atoms with van der Waals surface area (Å²) < 4.78 is 41.7. The van der Waals surface area contributed by atoms with Gasteiger partial charge in [-0.05, 0) is 68.1 Å². The van der Waals surface area contributed by atoms with E-state index in [0.29, 0.717) is 36.6 Å². The van der Waals surface area contributed by atoms with Crippen LogP contribution < -0.4 is 5.32 Å². The van der Waals surface area contributed by atoms with Gasteiger partial charge in [-0.1, -0.05) is 12.1 Å². The molecule has 7 nitrogen and oxygen atoms in total. The lowest BCUT2D eigenvalue weighted by atomic mass is 10.1. The summed E-state index contributed by atoms with van der Waals surface area (Å²) in [6, 6.07) is 11.0. The number of hydrogen-bond acceptors (Lipinski definition) is 5. The molecule has 1 aliphatic heterocycles. The summed E-state index contributed by atoms with van der Waals surface area (Å²) in [5, 5.41) is 11.2. The number of carbonyl (C=O) groups excluding carboxylic acids is 1. The summed E-state index contributed by atoms with van der Waals surface area (Å²) in [4.78, 5) is 19.7. The van der Waals surface area contributed by atoms with Gasteiger partial charge in [0.25, 0.3) is 5.91 Å². The first-order valence-corrected chi connectivity index (χ1v) is 11.3. The van der Waals surface area contributed by atoms with Gasteiger partial charge in [-0.25, -0.2) is 4.98 Å². The summed E-state index contributed by atoms with van der Waals surface area (Å²) in [5.74, 6) is 0.462. The van der Waals surface area contributed by atoms with Crippen molar-refractivity contribution in [1.82, 2.24) is 24.5 Å². The molecule has 1 aromatic carbocycles. The number of pyridine rings is 2. The third-order valence-corrected chi connectivity index (χ3v) is 6.47.